The molecule has 0 aromatic heterocycles. The van der Waals surface area contributed by atoms with Crippen molar-refractivity contribution in [2.24, 2.45) is 5.92 Å². The van der Waals surface area contributed by atoms with Gasteiger partial charge in [0.15, 0.2) is 5.78 Å². The van der Waals surface area contributed by atoms with Crippen LogP contribution in [-0.2, 0) is 4.79 Å². The molecule has 1 aromatic rings. The Labute approximate surface area is 165 Å². The van der Waals surface area contributed by atoms with E-state index in [1.807, 2.05) is 12.1 Å². The normalized spacial score (nSPS) is 20.1. The summed E-state index contributed by atoms with van der Waals surface area (Å²) in [6.45, 7) is 2.23. The van der Waals surface area contributed by atoms with E-state index in [2.05, 4.69) is 6.92 Å². The highest BCUT2D eigenvalue weighted by Gasteiger charge is 2.39. The van der Waals surface area contributed by atoms with Crippen LogP contribution in [0, 0.1) is 5.92 Å². The summed E-state index contributed by atoms with van der Waals surface area (Å²) in [6, 6.07) is 6.78. The minimum Gasteiger partial charge on any atom is -0.294 e. The van der Waals surface area contributed by atoms with Crippen LogP contribution in [0.3, 0.4) is 0 Å². The third-order valence-corrected chi connectivity index (χ3v) is 5.90. The van der Waals surface area contributed by atoms with Gasteiger partial charge in [-0.05, 0) is 43.1 Å². The second-order valence-electron chi connectivity index (χ2n) is 8.06. The van der Waals surface area contributed by atoms with Crippen LogP contribution in [0.4, 0.5) is 13.2 Å². The van der Waals surface area contributed by atoms with Crippen LogP contribution in [0.2, 0.25) is 0 Å². The van der Waals surface area contributed by atoms with Crippen LogP contribution >= 0.6 is 0 Å². The number of alkyl halides is 3. The van der Waals surface area contributed by atoms with Crippen molar-refractivity contribution in [3.8, 4) is 0 Å². The van der Waals surface area contributed by atoms with Crippen molar-refractivity contribution in [1.82, 2.24) is 0 Å². The molecular formula is C23H31F3O2. The van der Waals surface area contributed by atoms with Crippen LogP contribution in [0.15, 0.2) is 24.3 Å². The summed E-state index contributed by atoms with van der Waals surface area (Å²) in [5, 5.41) is 0. The molecule has 1 aliphatic carbocycles. The zero-order chi connectivity index (χ0) is 20.6. The van der Waals surface area contributed by atoms with E-state index in [9.17, 15) is 22.8 Å². The molecule has 0 bridgehead atoms. The van der Waals surface area contributed by atoms with Gasteiger partial charge in [-0.1, -0.05) is 69.7 Å². The van der Waals surface area contributed by atoms with Crippen molar-refractivity contribution in [2.75, 3.05) is 0 Å². The molecule has 1 fully saturated rings. The molecule has 1 aromatic carbocycles. The maximum absolute atomic E-state index is 12.3. The smallest absolute Gasteiger partial charge is 0.294 e. The van der Waals surface area contributed by atoms with Gasteiger partial charge >= 0.3 is 6.18 Å². The molecule has 0 saturated heterocycles. The summed E-state index contributed by atoms with van der Waals surface area (Å²) >= 11 is 0. The Morgan fingerprint density at radius 1 is 0.929 bits per heavy atom. The van der Waals surface area contributed by atoms with Gasteiger partial charge in [-0.15, -0.1) is 0 Å². The van der Waals surface area contributed by atoms with E-state index in [1.54, 1.807) is 12.1 Å². The van der Waals surface area contributed by atoms with Crippen molar-refractivity contribution >= 4 is 11.6 Å². The van der Waals surface area contributed by atoms with Crippen molar-refractivity contribution in [2.45, 2.75) is 89.6 Å². The Kier molecular flexibility index (Phi) is 8.71. The minimum absolute atomic E-state index is 0.169. The second kappa shape index (κ2) is 10.8. The standard InChI is InChI=1S/C23H31F3O2/c1-2-3-4-5-6-7-17-8-10-18(11-9-17)19-12-14-20(15-13-19)21(27)16-22(28)23(24,25)26/h12-15,17-18H,2-11,16H2,1H3. The van der Waals surface area contributed by atoms with Crippen LogP contribution in [0.25, 0.3) is 0 Å². The number of benzene rings is 1. The molecule has 28 heavy (non-hydrogen) atoms. The molecule has 0 unspecified atom stereocenters. The molecule has 0 spiro atoms. The van der Waals surface area contributed by atoms with Gasteiger partial charge in [0.05, 0.1) is 6.42 Å². The summed E-state index contributed by atoms with van der Waals surface area (Å²) in [4.78, 5) is 22.9. The molecule has 2 rings (SSSR count). The third-order valence-electron chi connectivity index (χ3n) is 5.90. The first-order chi connectivity index (χ1) is 13.3. The second-order valence-corrected chi connectivity index (χ2v) is 8.06. The highest BCUT2D eigenvalue weighted by atomic mass is 19.4. The molecule has 0 atom stereocenters. The number of halogens is 3. The molecular weight excluding hydrogens is 365 g/mol. The Hall–Kier alpha value is -1.65. The number of ketones is 2. The Balaban J connectivity index is 1.78. The highest BCUT2D eigenvalue weighted by Crippen LogP contribution is 2.37. The highest BCUT2D eigenvalue weighted by molar-refractivity contribution is 6.09. The fraction of sp³-hybridized carbons (Fsp3) is 0.652. The van der Waals surface area contributed by atoms with Crippen molar-refractivity contribution in [1.29, 1.82) is 0 Å². The summed E-state index contributed by atoms with van der Waals surface area (Å²) in [5.41, 5.74) is 1.31. The third kappa shape index (κ3) is 7.06. The van der Waals surface area contributed by atoms with Gasteiger partial charge in [0.2, 0.25) is 5.78 Å². The average molecular weight is 396 g/mol. The summed E-state index contributed by atoms with van der Waals surface area (Å²) in [6.07, 6.45) is 6.53. The van der Waals surface area contributed by atoms with Gasteiger partial charge in [-0.3, -0.25) is 9.59 Å². The van der Waals surface area contributed by atoms with Gasteiger partial charge in [0.25, 0.3) is 0 Å². The lowest BCUT2D eigenvalue weighted by Gasteiger charge is -2.29. The van der Waals surface area contributed by atoms with E-state index < -0.39 is 24.2 Å². The maximum Gasteiger partial charge on any atom is 0.450 e. The molecule has 156 valence electrons. The minimum atomic E-state index is -4.95. The lowest BCUT2D eigenvalue weighted by Crippen LogP contribution is -2.25. The van der Waals surface area contributed by atoms with E-state index in [4.69, 9.17) is 0 Å². The number of carbonyl (C=O) groups is 2. The zero-order valence-corrected chi connectivity index (χ0v) is 16.7. The molecule has 5 heteroatoms. The van der Waals surface area contributed by atoms with Crippen LogP contribution < -0.4 is 0 Å². The van der Waals surface area contributed by atoms with Gasteiger partial charge in [0, 0.05) is 5.56 Å². The number of rotatable bonds is 10. The van der Waals surface area contributed by atoms with E-state index in [0.717, 1.165) is 24.3 Å². The van der Waals surface area contributed by atoms with Crippen LogP contribution in [-0.4, -0.2) is 17.7 Å². The van der Waals surface area contributed by atoms with Gasteiger partial charge in [0.1, 0.15) is 0 Å². The lowest BCUT2D eigenvalue weighted by atomic mass is 9.77. The average Bonchev–Trinajstić information content (AvgIpc) is 2.67. The molecule has 0 aliphatic heterocycles. The predicted molar refractivity (Wildman–Crippen MR) is 105 cm³/mol. The first-order valence-corrected chi connectivity index (χ1v) is 10.5. The van der Waals surface area contributed by atoms with E-state index >= 15 is 0 Å². The SMILES string of the molecule is CCCCCCCC1CCC(c2ccc(C(=O)CC(=O)C(F)(F)F)cc2)CC1. The molecule has 1 aliphatic rings. The van der Waals surface area contributed by atoms with Gasteiger partial charge in [-0.25, -0.2) is 0 Å². The van der Waals surface area contributed by atoms with Crippen molar-refractivity contribution in [3.05, 3.63) is 35.4 Å². The first kappa shape index (κ1) is 22.6. The molecule has 0 heterocycles. The van der Waals surface area contributed by atoms with Gasteiger partial charge < -0.3 is 0 Å². The Morgan fingerprint density at radius 3 is 2.11 bits per heavy atom. The number of unbranched alkanes of at least 4 members (excludes halogenated alkanes) is 4. The Morgan fingerprint density at radius 2 is 1.54 bits per heavy atom. The summed E-state index contributed by atoms with van der Waals surface area (Å²) < 4.78 is 36.9. The molecule has 0 radical (unpaired) electrons. The van der Waals surface area contributed by atoms with E-state index in [1.165, 1.54) is 51.4 Å². The number of Topliss-reactive ketones (excluding diaryl/α,β-unsaturated/α-hetero) is 2. The van der Waals surface area contributed by atoms with E-state index in [0.29, 0.717) is 5.92 Å². The zero-order valence-electron chi connectivity index (χ0n) is 16.7. The Bertz CT molecular complexity index is 626. The predicted octanol–water partition coefficient (Wildman–Crippen LogP) is 7.03. The molecule has 0 N–H and O–H groups in total. The molecule has 1 saturated carbocycles. The van der Waals surface area contributed by atoms with Crippen molar-refractivity contribution < 1.29 is 22.8 Å². The summed E-state index contributed by atoms with van der Waals surface area (Å²) in [5.74, 6) is -1.50. The van der Waals surface area contributed by atoms with Crippen molar-refractivity contribution in [3.63, 3.8) is 0 Å². The summed E-state index contributed by atoms with van der Waals surface area (Å²) in [7, 11) is 0. The quantitative estimate of drug-likeness (QED) is 0.242. The maximum atomic E-state index is 12.3. The van der Waals surface area contributed by atoms with E-state index in [-0.39, 0.29) is 5.56 Å². The van der Waals surface area contributed by atoms with Gasteiger partial charge in [-0.2, -0.15) is 13.2 Å². The number of hydrogen-bond donors (Lipinski definition) is 0. The lowest BCUT2D eigenvalue weighted by molar-refractivity contribution is -0.170. The van der Waals surface area contributed by atoms with Crippen LogP contribution in [0.1, 0.15) is 99.4 Å². The van der Waals surface area contributed by atoms with Crippen LogP contribution in [0.5, 0.6) is 0 Å². The number of carbonyl (C=O) groups excluding carboxylic acids is 2. The topological polar surface area (TPSA) is 34.1 Å². The fourth-order valence-electron chi connectivity index (χ4n) is 4.11. The first-order valence-electron chi connectivity index (χ1n) is 10.5. The molecule has 2 nitrogen and oxygen atoms in total. The monoisotopic (exact) mass is 396 g/mol. The largest absolute Gasteiger partial charge is 0.450 e. The number of hydrogen-bond acceptors (Lipinski definition) is 2. The molecule has 0 amide bonds. The fourth-order valence-corrected chi connectivity index (χ4v) is 4.11.